The smallest absolute Gasteiger partial charge is 0.161 e. The largest absolute Gasteiger partial charge is 0.490 e. The van der Waals surface area contributed by atoms with Gasteiger partial charge in [-0.25, -0.2) is 0 Å². The molecule has 2 heterocycles. The van der Waals surface area contributed by atoms with E-state index in [-0.39, 0.29) is 10.9 Å². The van der Waals surface area contributed by atoms with Crippen LogP contribution in [0.2, 0.25) is 0 Å². The molecule has 2 aliphatic rings. The Hall–Kier alpha value is -0.740. The Morgan fingerprint density at radius 1 is 1.16 bits per heavy atom. The summed E-state index contributed by atoms with van der Waals surface area (Å²) in [4.78, 5) is 0.217. The molecule has 19 heavy (non-hydrogen) atoms. The molecule has 104 valence electrons. The van der Waals surface area contributed by atoms with E-state index in [9.17, 15) is 0 Å². The van der Waals surface area contributed by atoms with Crippen molar-refractivity contribution >= 4 is 15.9 Å². The van der Waals surface area contributed by atoms with Crippen molar-refractivity contribution in [2.45, 2.75) is 43.2 Å². The Balaban J connectivity index is 1.79. The van der Waals surface area contributed by atoms with Gasteiger partial charge in [0, 0.05) is 6.42 Å². The van der Waals surface area contributed by atoms with Crippen LogP contribution in [0.15, 0.2) is 18.2 Å². The SMILES string of the molecule is CC1CCC(C(Br)c2ccc3c(c2)OCCCO3)O1. The molecule has 0 aliphatic carbocycles. The second-order valence-corrected chi connectivity index (χ2v) is 6.21. The Bertz CT molecular complexity index is 449. The van der Waals surface area contributed by atoms with E-state index in [0.717, 1.165) is 44.0 Å². The monoisotopic (exact) mass is 326 g/mol. The van der Waals surface area contributed by atoms with Crippen molar-refractivity contribution in [3.05, 3.63) is 23.8 Å². The highest BCUT2D eigenvalue weighted by molar-refractivity contribution is 9.09. The molecule has 3 rings (SSSR count). The lowest BCUT2D eigenvalue weighted by Gasteiger charge is -2.19. The summed E-state index contributed by atoms with van der Waals surface area (Å²) in [6.07, 6.45) is 3.79. The summed E-state index contributed by atoms with van der Waals surface area (Å²) in [6.45, 7) is 3.58. The minimum absolute atomic E-state index is 0.217. The van der Waals surface area contributed by atoms with Crippen molar-refractivity contribution in [3.8, 4) is 11.5 Å². The van der Waals surface area contributed by atoms with Crippen LogP contribution < -0.4 is 9.47 Å². The highest BCUT2D eigenvalue weighted by atomic mass is 79.9. The van der Waals surface area contributed by atoms with Gasteiger partial charge in [-0.3, -0.25) is 0 Å². The van der Waals surface area contributed by atoms with E-state index in [1.54, 1.807) is 0 Å². The molecular weight excluding hydrogens is 308 g/mol. The van der Waals surface area contributed by atoms with Gasteiger partial charge in [-0.2, -0.15) is 0 Å². The molecule has 0 amide bonds. The molecule has 0 spiro atoms. The van der Waals surface area contributed by atoms with Gasteiger partial charge in [-0.15, -0.1) is 0 Å². The summed E-state index contributed by atoms with van der Waals surface area (Å²) in [5, 5.41) is 0. The number of ether oxygens (including phenoxy) is 3. The Morgan fingerprint density at radius 2 is 1.95 bits per heavy atom. The zero-order chi connectivity index (χ0) is 13.2. The van der Waals surface area contributed by atoms with E-state index in [2.05, 4.69) is 35.0 Å². The zero-order valence-corrected chi connectivity index (χ0v) is 12.7. The number of hydrogen-bond donors (Lipinski definition) is 0. The summed E-state index contributed by atoms with van der Waals surface area (Å²) < 4.78 is 17.3. The van der Waals surface area contributed by atoms with Crippen molar-refractivity contribution in [1.82, 2.24) is 0 Å². The van der Waals surface area contributed by atoms with Crippen LogP contribution in [0.1, 0.15) is 36.6 Å². The summed E-state index contributed by atoms with van der Waals surface area (Å²) >= 11 is 3.77. The van der Waals surface area contributed by atoms with Crippen LogP contribution in [0.3, 0.4) is 0 Å². The maximum Gasteiger partial charge on any atom is 0.161 e. The first-order valence-corrected chi connectivity index (χ1v) is 7.84. The van der Waals surface area contributed by atoms with Gasteiger partial charge in [0.2, 0.25) is 0 Å². The fourth-order valence-electron chi connectivity index (χ4n) is 2.61. The van der Waals surface area contributed by atoms with Gasteiger partial charge >= 0.3 is 0 Å². The van der Waals surface area contributed by atoms with Gasteiger partial charge in [0.1, 0.15) is 0 Å². The molecule has 3 unspecified atom stereocenters. The number of rotatable bonds is 2. The number of hydrogen-bond acceptors (Lipinski definition) is 3. The lowest BCUT2D eigenvalue weighted by molar-refractivity contribution is 0.0556. The van der Waals surface area contributed by atoms with Crippen molar-refractivity contribution in [3.63, 3.8) is 0 Å². The van der Waals surface area contributed by atoms with Crippen LogP contribution in [0.5, 0.6) is 11.5 Å². The molecule has 3 atom stereocenters. The summed E-state index contributed by atoms with van der Waals surface area (Å²) in [5.74, 6) is 1.70. The van der Waals surface area contributed by atoms with Crippen LogP contribution in [0.25, 0.3) is 0 Å². The molecule has 1 aromatic rings. The van der Waals surface area contributed by atoms with Crippen molar-refractivity contribution in [2.75, 3.05) is 13.2 Å². The van der Waals surface area contributed by atoms with Crippen LogP contribution in [0.4, 0.5) is 0 Å². The van der Waals surface area contributed by atoms with Crippen LogP contribution in [-0.2, 0) is 4.74 Å². The van der Waals surface area contributed by atoms with E-state index in [4.69, 9.17) is 14.2 Å². The van der Waals surface area contributed by atoms with Crippen LogP contribution in [-0.4, -0.2) is 25.4 Å². The number of benzene rings is 1. The van der Waals surface area contributed by atoms with Gasteiger partial charge in [-0.1, -0.05) is 22.0 Å². The molecule has 1 saturated heterocycles. The topological polar surface area (TPSA) is 27.7 Å². The third-order valence-corrected chi connectivity index (χ3v) is 4.80. The molecule has 1 fully saturated rings. The van der Waals surface area contributed by atoms with E-state index in [1.807, 2.05) is 6.07 Å². The molecule has 0 aromatic heterocycles. The average molecular weight is 327 g/mol. The average Bonchev–Trinajstić information content (AvgIpc) is 2.72. The van der Waals surface area contributed by atoms with Gasteiger partial charge in [0.05, 0.1) is 30.2 Å². The minimum Gasteiger partial charge on any atom is -0.490 e. The molecule has 0 saturated carbocycles. The zero-order valence-electron chi connectivity index (χ0n) is 11.1. The fraction of sp³-hybridized carbons (Fsp3) is 0.600. The standard InChI is InChI=1S/C15H19BrO3/c1-10-3-5-13(19-10)15(16)11-4-6-12-14(9-11)18-8-2-7-17-12/h4,6,9-10,13,15H,2-3,5,7-8H2,1H3. The lowest BCUT2D eigenvalue weighted by atomic mass is 10.0. The van der Waals surface area contributed by atoms with Gasteiger partial charge < -0.3 is 14.2 Å². The summed E-state index contributed by atoms with van der Waals surface area (Å²) in [7, 11) is 0. The lowest BCUT2D eigenvalue weighted by Crippen LogP contribution is -2.14. The van der Waals surface area contributed by atoms with E-state index in [1.165, 1.54) is 5.56 Å². The molecule has 1 aromatic carbocycles. The van der Waals surface area contributed by atoms with E-state index in [0.29, 0.717) is 6.10 Å². The minimum atomic E-state index is 0.217. The molecule has 3 nitrogen and oxygen atoms in total. The van der Waals surface area contributed by atoms with Gasteiger partial charge in [0.25, 0.3) is 0 Å². The second-order valence-electron chi connectivity index (χ2n) is 5.22. The molecule has 0 radical (unpaired) electrons. The predicted molar refractivity (Wildman–Crippen MR) is 77.3 cm³/mol. The molecule has 4 heteroatoms. The maximum absolute atomic E-state index is 5.93. The molecule has 0 N–H and O–H groups in total. The fourth-order valence-corrected chi connectivity index (χ4v) is 3.29. The molecule has 2 aliphatic heterocycles. The molecular formula is C15H19BrO3. The quantitative estimate of drug-likeness (QED) is 0.772. The highest BCUT2D eigenvalue weighted by Crippen LogP contribution is 2.39. The van der Waals surface area contributed by atoms with Crippen molar-refractivity contribution in [1.29, 1.82) is 0 Å². The first-order chi connectivity index (χ1) is 9.24. The number of fused-ring (bicyclic) bond motifs is 1. The van der Waals surface area contributed by atoms with E-state index >= 15 is 0 Å². The van der Waals surface area contributed by atoms with Gasteiger partial charge in [0.15, 0.2) is 11.5 Å². The highest BCUT2D eigenvalue weighted by Gasteiger charge is 2.29. The van der Waals surface area contributed by atoms with Gasteiger partial charge in [-0.05, 0) is 37.5 Å². The number of alkyl halides is 1. The third kappa shape index (κ3) is 2.90. The van der Waals surface area contributed by atoms with Crippen LogP contribution >= 0.6 is 15.9 Å². The summed E-state index contributed by atoms with van der Waals surface area (Å²) in [6, 6.07) is 6.17. The van der Waals surface area contributed by atoms with Crippen LogP contribution in [0, 0.1) is 0 Å². The Kier molecular flexibility index (Phi) is 3.99. The maximum atomic E-state index is 5.93. The van der Waals surface area contributed by atoms with Crippen molar-refractivity contribution in [2.24, 2.45) is 0 Å². The normalized spacial score (nSPS) is 27.9. The summed E-state index contributed by atoms with van der Waals surface area (Å²) in [5.41, 5.74) is 1.20. The molecule has 0 bridgehead atoms. The Morgan fingerprint density at radius 3 is 2.68 bits per heavy atom. The first-order valence-electron chi connectivity index (χ1n) is 6.93. The third-order valence-electron chi connectivity index (χ3n) is 3.68. The van der Waals surface area contributed by atoms with E-state index < -0.39 is 0 Å². The number of halogens is 1. The first kappa shape index (κ1) is 13.3. The predicted octanol–water partition coefficient (Wildman–Crippen LogP) is 3.85. The van der Waals surface area contributed by atoms with Crippen molar-refractivity contribution < 1.29 is 14.2 Å². The second kappa shape index (κ2) is 5.71. The Labute approximate surface area is 122 Å².